The number of rotatable bonds is 6. The Morgan fingerprint density at radius 3 is 2.35 bits per heavy atom. The monoisotopic (exact) mass is 404 g/mol. The third kappa shape index (κ3) is 4.70. The molecule has 146 valence electrons. The molecule has 0 aromatic heterocycles. The number of benzene rings is 1. The molecule has 26 heavy (non-hydrogen) atoms. The van der Waals surface area contributed by atoms with E-state index in [0.717, 1.165) is 0 Å². The van der Waals surface area contributed by atoms with Gasteiger partial charge in [0, 0.05) is 16.7 Å². The Kier molecular flexibility index (Phi) is 5.39. The summed E-state index contributed by atoms with van der Waals surface area (Å²) in [4.78, 5) is 0. The summed E-state index contributed by atoms with van der Waals surface area (Å²) in [6, 6.07) is 7.54. The first-order chi connectivity index (χ1) is 12.9. The first-order valence-electron chi connectivity index (χ1n) is 9.48. The minimum Gasteiger partial charge on any atom is -0.248 e. The van der Waals surface area contributed by atoms with Crippen LogP contribution < -0.4 is 4.72 Å². The van der Waals surface area contributed by atoms with Crippen LogP contribution in [0.25, 0.3) is 0 Å². The maximum atomic E-state index is 14.7. The maximum Gasteiger partial charge on any atom is 0.135 e. The van der Waals surface area contributed by atoms with Gasteiger partial charge in [0.05, 0.1) is 42.8 Å². The highest BCUT2D eigenvalue weighted by Gasteiger charge is 2.42. The molecule has 8 heteroatoms. The molecule has 0 spiro atoms. The number of nitrogens with zero attached hydrogens (tertiary/aromatic N) is 2. The Hall–Kier alpha value is -1.30. The van der Waals surface area contributed by atoms with Gasteiger partial charge in [-0.25, -0.2) is 21.9 Å². The molecule has 0 aliphatic carbocycles. The largest absolute Gasteiger partial charge is 0.248 e. The second-order valence-electron chi connectivity index (χ2n) is 7.79. The van der Waals surface area contributed by atoms with Crippen molar-refractivity contribution in [3.8, 4) is 6.07 Å². The SMILES string of the molecule is [2H]C([2H])([2H])N=S(=O)(C[C@](C)(NS(=O)C(C)(C)C)c1ccccc1F)C(C)(C)C#N. The molecular formula is C18H28FN3O2S2. The molecule has 0 bridgehead atoms. The molecule has 0 aliphatic rings. The van der Waals surface area contributed by atoms with Crippen LogP contribution in [-0.2, 0) is 26.3 Å². The van der Waals surface area contributed by atoms with E-state index < -0.39 is 54.3 Å². The van der Waals surface area contributed by atoms with Crippen molar-refractivity contribution in [1.82, 2.24) is 4.72 Å². The zero-order valence-corrected chi connectivity index (χ0v) is 17.6. The molecule has 0 aliphatic heterocycles. The highest BCUT2D eigenvalue weighted by atomic mass is 32.2. The van der Waals surface area contributed by atoms with Crippen LogP contribution >= 0.6 is 0 Å². The zero-order valence-electron chi connectivity index (χ0n) is 18.9. The van der Waals surface area contributed by atoms with Gasteiger partial charge in [-0.15, -0.1) is 0 Å². The van der Waals surface area contributed by atoms with Crippen molar-refractivity contribution in [3.63, 3.8) is 0 Å². The molecule has 1 aromatic rings. The Morgan fingerprint density at radius 2 is 1.88 bits per heavy atom. The maximum absolute atomic E-state index is 14.7. The molecule has 0 heterocycles. The van der Waals surface area contributed by atoms with Crippen LogP contribution in [0.5, 0.6) is 0 Å². The summed E-state index contributed by atoms with van der Waals surface area (Å²) >= 11 is 0. The van der Waals surface area contributed by atoms with E-state index in [-0.39, 0.29) is 5.56 Å². The fourth-order valence-corrected chi connectivity index (χ4v) is 5.01. The van der Waals surface area contributed by atoms with Gasteiger partial charge in [0.15, 0.2) is 0 Å². The van der Waals surface area contributed by atoms with Crippen LogP contribution in [-0.4, -0.2) is 30.6 Å². The Balaban J connectivity index is 3.77. The molecule has 1 N–H and O–H groups in total. The lowest BCUT2D eigenvalue weighted by Gasteiger charge is -2.36. The number of nitrogens with one attached hydrogen (secondary N) is 1. The van der Waals surface area contributed by atoms with Gasteiger partial charge in [-0.2, -0.15) is 5.26 Å². The van der Waals surface area contributed by atoms with E-state index in [0.29, 0.717) is 0 Å². The average Bonchev–Trinajstić information content (AvgIpc) is 2.51. The molecule has 1 rings (SSSR count). The van der Waals surface area contributed by atoms with Crippen molar-refractivity contribution in [2.24, 2.45) is 4.36 Å². The van der Waals surface area contributed by atoms with E-state index >= 15 is 0 Å². The van der Waals surface area contributed by atoms with Gasteiger partial charge in [0.1, 0.15) is 10.6 Å². The molecule has 2 unspecified atom stereocenters. The van der Waals surface area contributed by atoms with E-state index in [9.17, 15) is 18.1 Å². The molecule has 0 radical (unpaired) electrons. The van der Waals surface area contributed by atoms with Crippen molar-refractivity contribution >= 4 is 20.7 Å². The van der Waals surface area contributed by atoms with Crippen LogP contribution in [0.15, 0.2) is 28.6 Å². The molecule has 0 saturated carbocycles. The van der Waals surface area contributed by atoms with E-state index in [4.69, 9.17) is 4.11 Å². The van der Waals surface area contributed by atoms with Crippen molar-refractivity contribution in [3.05, 3.63) is 35.6 Å². The van der Waals surface area contributed by atoms with Crippen molar-refractivity contribution in [2.75, 3.05) is 12.7 Å². The average molecular weight is 405 g/mol. The summed E-state index contributed by atoms with van der Waals surface area (Å²) in [5.74, 6) is -1.17. The molecule has 0 fully saturated rings. The van der Waals surface area contributed by atoms with Gasteiger partial charge in [0.2, 0.25) is 0 Å². The lowest BCUT2D eigenvalue weighted by Crippen LogP contribution is -2.52. The van der Waals surface area contributed by atoms with Gasteiger partial charge in [-0.3, -0.25) is 0 Å². The summed E-state index contributed by atoms with van der Waals surface area (Å²) in [7, 11) is -5.46. The fourth-order valence-electron chi connectivity index (χ4n) is 2.22. The summed E-state index contributed by atoms with van der Waals surface area (Å²) in [6.45, 7) is 6.34. The number of hydrogen-bond donors (Lipinski definition) is 1. The van der Waals surface area contributed by atoms with Gasteiger partial charge >= 0.3 is 0 Å². The summed E-state index contributed by atoms with van der Waals surface area (Å²) in [6.07, 6.45) is 0. The smallest absolute Gasteiger partial charge is 0.135 e. The lowest BCUT2D eigenvalue weighted by molar-refractivity contribution is 0.456. The predicted molar refractivity (Wildman–Crippen MR) is 106 cm³/mol. The van der Waals surface area contributed by atoms with Gasteiger partial charge in [0.25, 0.3) is 0 Å². The quantitative estimate of drug-likeness (QED) is 0.788. The first kappa shape index (κ1) is 18.1. The molecular weight excluding hydrogens is 373 g/mol. The second kappa shape index (κ2) is 7.75. The number of nitriles is 1. The van der Waals surface area contributed by atoms with Gasteiger partial charge < -0.3 is 0 Å². The fraction of sp³-hybridized carbons (Fsp3) is 0.611. The van der Waals surface area contributed by atoms with E-state index in [1.54, 1.807) is 26.8 Å². The topological polar surface area (TPSA) is 82.3 Å². The first-order valence-corrected chi connectivity index (χ1v) is 10.8. The van der Waals surface area contributed by atoms with E-state index in [1.165, 1.54) is 39.0 Å². The van der Waals surface area contributed by atoms with Gasteiger partial charge in [-0.1, -0.05) is 18.2 Å². The Morgan fingerprint density at radius 1 is 1.31 bits per heavy atom. The minimum absolute atomic E-state index is 0.0554. The van der Waals surface area contributed by atoms with Gasteiger partial charge in [-0.05, 0) is 47.6 Å². The third-order valence-corrected chi connectivity index (χ3v) is 8.74. The number of halogens is 1. The molecule has 3 atom stereocenters. The Bertz CT molecular complexity index is 943. The van der Waals surface area contributed by atoms with Crippen LogP contribution in [0.1, 0.15) is 51.2 Å². The van der Waals surface area contributed by atoms with Crippen molar-refractivity contribution in [1.29, 1.82) is 5.26 Å². The van der Waals surface area contributed by atoms with Crippen LogP contribution in [0.2, 0.25) is 0 Å². The van der Waals surface area contributed by atoms with E-state index in [1.807, 2.05) is 6.07 Å². The third-order valence-electron chi connectivity index (χ3n) is 4.04. The summed E-state index contributed by atoms with van der Waals surface area (Å²) in [5, 5.41) is 9.53. The van der Waals surface area contributed by atoms with Crippen molar-refractivity contribution in [2.45, 2.75) is 56.6 Å². The highest BCUT2D eigenvalue weighted by Crippen LogP contribution is 2.32. The van der Waals surface area contributed by atoms with Crippen molar-refractivity contribution < 1.29 is 16.9 Å². The normalized spacial score (nSPS) is 20.5. The predicted octanol–water partition coefficient (Wildman–Crippen LogP) is 3.49. The minimum atomic E-state index is -3.75. The van der Waals surface area contributed by atoms with Crippen LogP contribution in [0.4, 0.5) is 4.39 Å². The van der Waals surface area contributed by atoms with E-state index in [2.05, 4.69) is 9.08 Å². The highest BCUT2D eigenvalue weighted by molar-refractivity contribution is 7.95. The lowest BCUT2D eigenvalue weighted by atomic mass is 9.95. The molecule has 1 aromatic carbocycles. The standard InChI is InChI=1S/C18H28FN3O2S2/c1-16(2,3)25(23)22-18(6,14-10-8-9-11-15(14)19)13-26(24,21-7)17(4,5)12-20/h8-11,22H,13H2,1-7H3/t18-,25?,26?/m0/s1/i7D3. The number of hydrogen-bond acceptors (Lipinski definition) is 4. The second-order valence-corrected chi connectivity index (χ2v) is 12.5. The summed E-state index contributed by atoms with van der Waals surface area (Å²) < 4.78 is 67.7. The molecule has 5 nitrogen and oxygen atoms in total. The molecule has 0 saturated heterocycles. The van der Waals surface area contributed by atoms with Crippen LogP contribution in [0.3, 0.4) is 0 Å². The van der Waals surface area contributed by atoms with Crippen LogP contribution in [0, 0.1) is 17.1 Å². The molecule has 0 amide bonds. The zero-order chi connectivity index (χ0) is 22.9. The summed E-state index contributed by atoms with van der Waals surface area (Å²) in [5.41, 5.74) is -1.47. The Labute approximate surface area is 163 Å².